The third-order valence-electron chi connectivity index (χ3n) is 4.18. The number of anilines is 1. The minimum absolute atomic E-state index is 0.163. The number of amides is 1. The number of fused-ring (bicyclic) bond motifs is 1. The lowest BCUT2D eigenvalue weighted by Crippen LogP contribution is -2.41. The van der Waals surface area contributed by atoms with Crippen molar-refractivity contribution < 1.29 is 9.53 Å². The summed E-state index contributed by atoms with van der Waals surface area (Å²) in [6.45, 7) is 5.89. The van der Waals surface area contributed by atoms with Crippen molar-refractivity contribution in [2.24, 2.45) is 0 Å². The first-order chi connectivity index (χ1) is 13.0. The number of aryl methyl sites for hydroxylation is 1. The third kappa shape index (κ3) is 4.08. The Balaban J connectivity index is 1.72. The van der Waals surface area contributed by atoms with Crippen molar-refractivity contribution in [3.8, 4) is 5.75 Å². The highest BCUT2D eigenvalue weighted by Gasteiger charge is 2.16. The Morgan fingerprint density at radius 1 is 1.19 bits per heavy atom. The Kier molecular flexibility index (Phi) is 5.40. The standard InChI is InChI=1S/C20H22N4O3/c1-4-24-19(26)16-7-5-6-8-17(16)21-20(24)23-22-18(25)14(3)27-15-11-9-13(2)10-12-15/h5-12,14H,4H2,1-3H3,(H,21,23)(H,22,25)/t14-/m0/s1. The highest BCUT2D eigenvalue weighted by molar-refractivity contribution is 5.82. The molecule has 0 fully saturated rings. The van der Waals surface area contributed by atoms with Crippen LogP contribution in [-0.4, -0.2) is 21.6 Å². The fraction of sp³-hybridized carbons (Fsp3) is 0.250. The molecule has 0 unspecified atom stereocenters. The molecule has 1 aromatic heterocycles. The van der Waals surface area contributed by atoms with Crippen LogP contribution in [0.3, 0.4) is 0 Å². The topological polar surface area (TPSA) is 85.2 Å². The van der Waals surface area contributed by atoms with E-state index in [0.29, 0.717) is 23.2 Å². The second kappa shape index (κ2) is 7.90. The van der Waals surface area contributed by atoms with Crippen molar-refractivity contribution >= 4 is 22.8 Å². The van der Waals surface area contributed by atoms with Gasteiger partial charge in [-0.1, -0.05) is 29.8 Å². The molecule has 0 spiro atoms. The predicted octanol–water partition coefficient (Wildman–Crippen LogP) is 2.64. The molecule has 0 aliphatic carbocycles. The maximum absolute atomic E-state index is 12.6. The molecule has 0 aliphatic rings. The number of ether oxygens (including phenoxy) is 1. The molecule has 3 rings (SSSR count). The highest BCUT2D eigenvalue weighted by Crippen LogP contribution is 2.14. The van der Waals surface area contributed by atoms with Crippen LogP contribution in [0.2, 0.25) is 0 Å². The van der Waals surface area contributed by atoms with E-state index in [1.54, 1.807) is 25.1 Å². The summed E-state index contributed by atoms with van der Waals surface area (Å²) >= 11 is 0. The molecule has 0 radical (unpaired) electrons. The molecule has 2 aromatic carbocycles. The van der Waals surface area contributed by atoms with Crippen molar-refractivity contribution in [2.45, 2.75) is 33.4 Å². The largest absolute Gasteiger partial charge is 0.481 e. The Morgan fingerprint density at radius 2 is 1.89 bits per heavy atom. The number of para-hydroxylation sites is 1. The number of benzene rings is 2. The van der Waals surface area contributed by atoms with Gasteiger partial charge in [0.15, 0.2) is 6.10 Å². The average Bonchev–Trinajstić information content (AvgIpc) is 2.68. The summed E-state index contributed by atoms with van der Waals surface area (Å²) in [5.74, 6) is 0.510. The maximum Gasteiger partial charge on any atom is 0.279 e. The Labute approximate surface area is 157 Å². The molecule has 27 heavy (non-hydrogen) atoms. The van der Waals surface area contributed by atoms with Crippen molar-refractivity contribution in [3.05, 3.63) is 64.4 Å². The number of aromatic nitrogens is 2. The van der Waals surface area contributed by atoms with E-state index < -0.39 is 6.10 Å². The van der Waals surface area contributed by atoms with Gasteiger partial charge >= 0.3 is 0 Å². The summed E-state index contributed by atoms with van der Waals surface area (Å²) in [5, 5.41) is 0.535. The van der Waals surface area contributed by atoms with Crippen LogP contribution >= 0.6 is 0 Å². The molecule has 3 aromatic rings. The normalized spacial score (nSPS) is 11.8. The van der Waals surface area contributed by atoms with Crippen molar-refractivity contribution in [3.63, 3.8) is 0 Å². The Hall–Kier alpha value is -3.35. The molecule has 0 bridgehead atoms. The molecule has 7 nitrogen and oxygen atoms in total. The minimum Gasteiger partial charge on any atom is -0.481 e. The summed E-state index contributed by atoms with van der Waals surface area (Å²) in [6, 6.07) is 14.5. The first kappa shape index (κ1) is 18.4. The number of hydrazine groups is 1. The lowest BCUT2D eigenvalue weighted by molar-refractivity contribution is -0.126. The van der Waals surface area contributed by atoms with E-state index in [-0.39, 0.29) is 17.4 Å². The van der Waals surface area contributed by atoms with Gasteiger partial charge in [0.2, 0.25) is 5.95 Å². The average molecular weight is 366 g/mol. The zero-order valence-electron chi connectivity index (χ0n) is 15.5. The van der Waals surface area contributed by atoms with Gasteiger partial charge in [0.1, 0.15) is 5.75 Å². The monoisotopic (exact) mass is 366 g/mol. The summed E-state index contributed by atoms with van der Waals surface area (Å²) in [4.78, 5) is 29.3. The van der Waals surface area contributed by atoms with Crippen LogP contribution in [-0.2, 0) is 11.3 Å². The van der Waals surface area contributed by atoms with E-state index >= 15 is 0 Å². The number of nitrogens with zero attached hydrogens (tertiary/aromatic N) is 2. The highest BCUT2D eigenvalue weighted by atomic mass is 16.5. The van der Waals surface area contributed by atoms with Crippen LogP contribution in [0.4, 0.5) is 5.95 Å². The van der Waals surface area contributed by atoms with Crippen LogP contribution in [0.1, 0.15) is 19.4 Å². The molecule has 0 saturated carbocycles. The number of nitrogens with one attached hydrogen (secondary N) is 2. The lowest BCUT2D eigenvalue weighted by atomic mass is 10.2. The molecule has 1 heterocycles. The predicted molar refractivity (Wildman–Crippen MR) is 105 cm³/mol. The van der Waals surface area contributed by atoms with Gasteiger partial charge in [0.05, 0.1) is 10.9 Å². The van der Waals surface area contributed by atoms with Gasteiger partial charge in [-0.3, -0.25) is 25.0 Å². The van der Waals surface area contributed by atoms with E-state index in [1.165, 1.54) is 4.57 Å². The number of carbonyl (C=O) groups excluding carboxylic acids is 1. The fourth-order valence-electron chi connectivity index (χ4n) is 2.65. The molecule has 7 heteroatoms. The van der Waals surface area contributed by atoms with Crippen molar-refractivity contribution in [1.29, 1.82) is 0 Å². The number of carbonyl (C=O) groups is 1. The van der Waals surface area contributed by atoms with Crippen molar-refractivity contribution in [1.82, 2.24) is 15.0 Å². The number of hydrogen-bond donors (Lipinski definition) is 2. The van der Waals surface area contributed by atoms with Crippen LogP contribution in [0.25, 0.3) is 10.9 Å². The molecular weight excluding hydrogens is 344 g/mol. The minimum atomic E-state index is -0.720. The molecule has 1 amide bonds. The smallest absolute Gasteiger partial charge is 0.279 e. The van der Waals surface area contributed by atoms with Crippen molar-refractivity contribution in [2.75, 3.05) is 5.43 Å². The SMILES string of the molecule is CCn1c(NNC(=O)[C@H](C)Oc2ccc(C)cc2)nc2ccccc2c1=O. The van der Waals surface area contributed by atoms with E-state index in [9.17, 15) is 9.59 Å². The fourth-order valence-corrected chi connectivity index (χ4v) is 2.65. The van der Waals surface area contributed by atoms with E-state index in [1.807, 2.05) is 44.2 Å². The van der Waals surface area contributed by atoms with Gasteiger partial charge in [-0.25, -0.2) is 4.98 Å². The summed E-state index contributed by atoms with van der Waals surface area (Å²) in [7, 11) is 0. The number of hydrogen-bond acceptors (Lipinski definition) is 5. The van der Waals surface area contributed by atoms with Crippen LogP contribution in [0, 0.1) is 6.92 Å². The lowest BCUT2D eigenvalue weighted by Gasteiger charge is -2.17. The van der Waals surface area contributed by atoms with E-state index in [2.05, 4.69) is 15.8 Å². The quantitative estimate of drug-likeness (QED) is 0.655. The summed E-state index contributed by atoms with van der Waals surface area (Å²) in [5.41, 5.74) is 6.82. The van der Waals surface area contributed by atoms with Gasteiger partial charge in [0.25, 0.3) is 11.5 Å². The first-order valence-electron chi connectivity index (χ1n) is 8.78. The van der Waals surface area contributed by atoms with Crippen LogP contribution in [0.5, 0.6) is 5.75 Å². The second-order valence-electron chi connectivity index (χ2n) is 6.19. The van der Waals surface area contributed by atoms with Gasteiger partial charge in [-0.05, 0) is 45.0 Å². The zero-order valence-corrected chi connectivity index (χ0v) is 15.5. The molecule has 0 aliphatic heterocycles. The molecule has 1 atom stereocenters. The van der Waals surface area contributed by atoms with Crippen LogP contribution in [0.15, 0.2) is 53.3 Å². The van der Waals surface area contributed by atoms with Gasteiger partial charge in [-0.2, -0.15) is 0 Å². The molecule has 2 N–H and O–H groups in total. The van der Waals surface area contributed by atoms with E-state index in [4.69, 9.17) is 4.74 Å². The molecule has 140 valence electrons. The first-order valence-corrected chi connectivity index (χ1v) is 8.78. The maximum atomic E-state index is 12.6. The van der Waals surface area contributed by atoms with Crippen LogP contribution < -0.4 is 21.1 Å². The Bertz CT molecular complexity index is 1010. The van der Waals surface area contributed by atoms with E-state index in [0.717, 1.165) is 5.56 Å². The third-order valence-corrected chi connectivity index (χ3v) is 4.18. The van der Waals surface area contributed by atoms with Gasteiger partial charge in [-0.15, -0.1) is 0 Å². The van der Waals surface area contributed by atoms with Gasteiger partial charge < -0.3 is 4.74 Å². The Morgan fingerprint density at radius 3 is 2.59 bits per heavy atom. The number of rotatable bonds is 6. The summed E-state index contributed by atoms with van der Waals surface area (Å²) < 4.78 is 7.10. The second-order valence-corrected chi connectivity index (χ2v) is 6.19. The molecular formula is C20H22N4O3. The summed E-state index contributed by atoms with van der Waals surface area (Å²) in [6.07, 6.45) is -0.720. The van der Waals surface area contributed by atoms with Gasteiger partial charge in [0, 0.05) is 6.54 Å². The molecule has 0 saturated heterocycles. The zero-order chi connectivity index (χ0) is 19.4.